The van der Waals surface area contributed by atoms with Gasteiger partial charge in [0.1, 0.15) is 0 Å². The maximum absolute atomic E-state index is 11.3. The van der Waals surface area contributed by atoms with Crippen LogP contribution in [0.4, 0.5) is 4.79 Å². The van der Waals surface area contributed by atoms with Crippen molar-refractivity contribution in [3.63, 3.8) is 0 Å². The minimum absolute atomic E-state index is 0.0194. The second-order valence-electron chi connectivity index (χ2n) is 4.55. The molecular formula is C9H18N2O2. The van der Waals surface area contributed by atoms with E-state index in [4.69, 9.17) is 5.11 Å². The standard InChI is InChI=1S/C9H18N2O2/c1-7-4-11(8(13)10-7)5-9(2,3)6-12/h7,12H,4-6H2,1-3H3,(H,10,13). The predicted molar refractivity (Wildman–Crippen MR) is 50.4 cm³/mol. The van der Waals surface area contributed by atoms with Crippen LogP contribution in [0, 0.1) is 5.41 Å². The Morgan fingerprint density at radius 1 is 1.69 bits per heavy atom. The van der Waals surface area contributed by atoms with Crippen LogP contribution in [0.15, 0.2) is 0 Å². The normalized spacial score (nSPS) is 23.5. The van der Waals surface area contributed by atoms with Crippen LogP contribution >= 0.6 is 0 Å². The van der Waals surface area contributed by atoms with E-state index in [0.29, 0.717) is 6.54 Å². The molecule has 4 nitrogen and oxygen atoms in total. The first-order valence-electron chi connectivity index (χ1n) is 4.61. The van der Waals surface area contributed by atoms with Crippen LogP contribution in [0.5, 0.6) is 0 Å². The smallest absolute Gasteiger partial charge is 0.317 e. The molecule has 0 aromatic carbocycles. The van der Waals surface area contributed by atoms with Crippen LogP contribution < -0.4 is 5.32 Å². The van der Waals surface area contributed by atoms with Gasteiger partial charge in [-0.2, -0.15) is 0 Å². The van der Waals surface area contributed by atoms with E-state index in [1.165, 1.54) is 0 Å². The highest BCUT2D eigenvalue weighted by molar-refractivity contribution is 5.76. The number of aliphatic hydroxyl groups is 1. The number of aliphatic hydroxyl groups excluding tert-OH is 1. The summed E-state index contributed by atoms with van der Waals surface area (Å²) in [5.41, 5.74) is -0.207. The SMILES string of the molecule is CC1CN(CC(C)(C)CO)C(=O)N1. The van der Waals surface area contributed by atoms with Crippen LogP contribution in [-0.4, -0.2) is 41.8 Å². The van der Waals surface area contributed by atoms with Gasteiger partial charge in [-0.05, 0) is 6.92 Å². The van der Waals surface area contributed by atoms with Crippen molar-refractivity contribution in [3.05, 3.63) is 0 Å². The van der Waals surface area contributed by atoms with E-state index in [1.54, 1.807) is 4.90 Å². The van der Waals surface area contributed by atoms with Gasteiger partial charge in [0.15, 0.2) is 0 Å². The number of urea groups is 1. The van der Waals surface area contributed by atoms with Crippen molar-refractivity contribution in [1.29, 1.82) is 0 Å². The fourth-order valence-corrected chi connectivity index (χ4v) is 1.46. The Bertz CT molecular complexity index is 204. The maximum Gasteiger partial charge on any atom is 0.317 e. The lowest BCUT2D eigenvalue weighted by molar-refractivity contribution is 0.121. The zero-order valence-electron chi connectivity index (χ0n) is 8.50. The lowest BCUT2D eigenvalue weighted by Gasteiger charge is -2.27. The number of amides is 2. The molecule has 1 saturated heterocycles. The Morgan fingerprint density at radius 3 is 2.69 bits per heavy atom. The van der Waals surface area contributed by atoms with Crippen molar-refractivity contribution in [1.82, 2.24) is 10.2 Å². The molecule has 0 aromatic rings. The monoisotopic (exact) mass is 186 g/mol. The van der Waals surface area contributed by atoms with Crippen molar-refractivity contribution in [2.75, 3.05) is 19.7 Å². The number of nitrogens with zero attached hydrogens (tertiary/aromatic N) is 1. The summed E-state index contributed by atoms with van der Waals surface area (Å²) in [5, 5.41) is 11.9. The second kappa shape index (κ2) is 3.54. The average Bonchev–Trinajstić information content (AvgIpc) is 2.30. The van der Waals surface area contributed by atoms with E-state index in [9.17, 15) is 4.79 Å². The highest BCUT2D eigenvalue weighted by atomic mass is 16.3. The Labute approximate surface area is 78.9 Å². The first-order chi connectivity index (χ1) is 5.94. The summed E-state index contributed by atoms with van der Waals surface area (Å²) < 4.78 is 0. The quantitative estimate of drug-likeness (QED) is 0.671. The van der Waals surface area contributed by atoms with Crippen molar-refractivity contribution in [3.8, 4) is 0 Å². The molecule has 1 heterocycles. The highest BCUT2D eigenvalue weighted by Gasteiger charge is 2.30. The van der Waals surface area contributed by atoms with Gasteiger partial charge >= 0.3 is 6.03 Å². The summed E-state index contributed by atoms with van der Waals surface area (Å²) in [4.78, 5) is 13.1. The van der Waals surface area contributed by atoms with E-state index >= 15 is 0 Å². The number of rotatable bonds is 3. The van der Waals surface area contributed by atoms with Crippen LogP contribution in [0.3, 0.4) is 0 Å². The molecule has 0 saturated carbocycles. The Balaban J connectivity index is 2.50. The van der Waals surface area contributed by atoms with Gasteiger partial charge in [0.25, 0.3) is 0 Å². The molecule has 0 spiro atoms. The van der Waals surface area contributed by atoms with E-state index in [1.807, 2.05) is 20.8 Å². The zero-order chi connectivity index (χ0) is 10.1. The minimum atomic E-state index is -0.207. The molecule has 0 bridgehead atoms. The number of carbonyl (C=O) groups is 1. The van der Waals surface area contributed by atoms with Gasteiger partial charge in [-0.1, -0.05) is 13.8 Å². The molecule has 1 aliphatic heterocycles. The third-order valence-electron chi connectivity index (χ3n) is 2.20. The van der Waals surface area contributed by atoms with Crippen LogP contribution in [0.25, 0.3) is 0 Å². The molecule has 0 radical (unpaired) electrons. The zero-order valence-corrected chi connectivity index (χ0v) is 8.50. The molecule has 0 aromatic heterocycles. The van der Waals surface area contributed by atoms with E-state index in [0.717, 1.165) is 6.54 Å². The third kappa shape index (κ3) is 2.59. The third-order valence-corrected chi connectivity index (χ3v) is 2.20. The highest BCUT2D eigenvalue weighted by Crippen LogP contribution is 2.17. The molecule has 2 N–H and O–H groups in total. The molecule has 1 fully saturated rings. The molecule has 13 heavy (non-hydrogen) atoms. The van der Waals surface area contributed by atoms with Gasteiger partial charge in [-0.3, -0.25) is 0 Å². The summed E-state index contributed by atoms with van der Waals surface area (Å²) >= 11 is 0. The van der Waals surface area contributed by atoms with Gasteiger partial charge < -0.3 is 15.3 Å². The predicted octanol–water partition coefficient (Wildman–Crippen LogP) is 0.419. The topological polar surface area (TPSA) is 52.6 Å². The van der Waals surface area contributed by atoms with Crippen LogP contribution in [0.1, 0.15) is 20.8 Å². The number of carbonyl (C=O) groups excluding carboxylic acids is 1. The van der Waals surface area contributed by atoms with Gasteiger partial charge in [0.05, 0.1) is 0 Å². The number of nitrogens with one attached hydrogen (secondary N) is 1. The fraction of sp³-hybridized carbons (Fsp3) is 0.889. The van der Waals surface area contributed by atoms with Crippen LogP contribution in [0.2, 0.25) is 0 Å². The summed E-state index contributed by atoms with van der Waals surface area (Å²) in [5.74, 6) is 0. The second-order valence-corrected chi connectivity index (χ2v) is 4.55. The lowest BCUT2D eigenvalue weighted by Crippen LogP contribution is -2.38. The summed E-state index contributed by atoms with van der Waals surface area (Å²) in [7, 11) is 0. The molecule has 2 amide bonds. The van der Waals surface area contributed by atoms with Crippen molar-refractivity contribution < 1.29 is 9.90 Å². The van der Waals surface area contributed by atoms with Crippen molar-refractivity contribution in [2.45, 2.75) is 26.8 Å². The minimum Gasteiger partial charge on any atom is -0.396 e. The van der Waals surface area contributed by atoms with E-state index in [2.05, 4.69) is 5.32 Å². The molecule has 0 aliphatic carbocycles. The number of hydrogen-bond donors (Lipinski definition) is 2. The van der Waals surface area contributed by atoms with Gasteiger partial charge in [0, 0.05) is 31.2 Å². The van der Waals surface area contributed by atoms with Crippen LogP contribution in [-0.2, 0) is 0 Å². The molecule has 1 aliphatic rings. The van der Waals surface area contributed by atoms with Crippen molar-refractivity contribution >= 4 is 6.03 Å². The largest absolute Gasteiger partial charge is 0.396 e. The van der Waals surface area contributed by atoms with Gasteiger partial charge in [-0.25, -0.2) is 4.79 Å². The Kier molecular flexibility index (Phi) is 2.81. The summed E-state index contributed by atoms with van der Waals surface area (Å²) in [6, 6.07) is 0.205. The first kappa shape index (κ1) is 10.3. The summed E-state index contributed by atoms with van der Waals surface area (Å²) in [6.45, 7) is 7.32. The van der Waals surface area contributed by atoms with Crippen molar-refractivity contribution in [2.24, 2.45) is 5.41 Å². The Hall–Kier alpha value is -0.770. The van der Waals surface area contributed by atoms with Gasteiger partial charge in [0.2, 0.25) is 0 Å². The molecule has 1 unspecified atom stereocenters. The molecule has 4 heteroatoms. The van der Waals surface area contributed by atoms with E-state index in [-0.39, 0.29) is 24.1 Å². The molecule has 1 atom stereocenters. The summed E-state index contributed by atoms with van der Waals surface area (Å²) in [6.07, 6.45) is 0. The lowest BCUT2D eigenvalue weighted by atomic mass is 9.94. The molecule has 76 valence electrons. The Morgan fingerprint density at radius 2 is 2.31 bits per heavy atom. The molecular weight excluding hydrogens is 168 g/mol. The van der Waals surface area contributed by atoms with Gasteiger partial charge in [-0.15, -0.1) is 0 Å². The first-order valence-corrected chi connectivity index (χ1v) is 4.61. The molecule has 1 rings (SSSR count). The average molecular weight is 186 g/mol. The van der Waals surface area contributed by atoms with E-state index < -0.39 is 0 Å². The number of hydrogen-bond acceptors (Lipinski definition) is 2. The fourth-order valence-electron chi connectivity index (χ4n) is 1.46. The maximum atomic E-state index is 11.3.